The number of hydrogen-bond donors (Lipinski definition) is 1. The Morgan fingerprint density at radius 2 is 2.14 bits per heavy atom. The summed E-state index contributed by atoms with van der Waals surface area (Å²) in [7, 11) is 0. The normalized spacial score (nSPS) is 21.3. The second-order valence-electron chi connectivity index (χ2n) is 5.10. The van der Waals surface area contributed by atoms with Crippen molar-refractivity contribution >= 4 is 23.5 Å². The Hall–Kier alpha value is -1.59. The van der Waals surface area contributed by atoms with Crippen LogP contribution in [0.2, 0.25) is 5.02 Å². The lowest BCUT2D eigenvalue weighted by Crippen LogP contribution is -2.46. The van der Waals surface area contributed by atoms with E-state index in [1.54, 1.807) is 23.1 Å². The molecule has 1 fully saturated rings. The molecule has 2 rings (SSSR count). The number of nitrogens with zero attached hydrogens (tertiary/aromatic N) is 1. The summed E-state index contributed by atoms with van der Waals surface area (Å²) in [5, 5.41) is 9.72. The summed E-state index contributed by atoms with van der Waals surface area (Å²) >= 11 is 5.96. The molecule has 0 bridgehead atoms. The number of halogens is 1. The number of hydrogen-bond acceptors (Lipinski definition) is 3. The first-order valence-corrected chi connectivity index (χ1v) is 7.21. The van der Waals surface area contributed by atoms with Gasteiger partial charge in [-0.05, 0) is 31.5 Å². The molecule has 1 heterocycles. The van der Waals surface area contributed by atoms with Crippen LogP contribution < -0.4 is 0 Å². The smallest absolute Gasteiger partial charge is 0.311 e. The minimum atomic E-state index is -0.938. The molecule has 0 radical (unpaired) electrons. The maximum absolute atomic E-state index is 12.7. The summed E-state index contributed by atoms with van der Waals surface area (Å²) in [6.45, 7) is 4.46. The lowest BCUT2D eigenvalue weighted by atomic mass is 10.00. The molecule has 1 saturated heterocycles. The Kier molecular flexibility index (Phi) is 4.85. The topological polar surface area (TPSA) is 66.8 Å². The van der Waals surface area contributed by atoms with Gasteiger partial charge in [0, 0.05) is 17.1 Å². The molecule has 1 aliphatic heterocycles. The first-order valence-electron chi connectivity index (χ1n) is 6.83. The Balaban J connectivity index is 2.30. The molecule has 1 aromatic carbocycles. The predicted molar refractivity (Wildman–Crippen MR) is 78.6 cm³/mol. The van der Waals surface area contributed by atoms with Gasteiger partial charge in [-0.15, -0.1) is 0 Å². The molecule has 1 aromatic rings. The third kappa shape index (κ3) is 3.19. The summed E-state index contributed by atoms with van der Waals surface area (Å²) in [5.74, 6) is -1.83. The van der Waals surface area contributed by atoms with Gasteiger partial charge in [0.2, 0.25) is 0 Å². The number of carboxylic acid groups (broad SMARTS) is 1. The molecule has 0 saturated carbocycles. The van der Waals surface area contributed by atoms with Gasteiger partial charge in [-0.2, -0.15) is 0 Å². The lowest BCUT2D eigenvalue weighted by Gasteiger charge is -2.30. The van der Waals surface area contributed by atoms with Crippen molar-refractivity contribution in [1.82, 2.24) is 4.90 Å². The summed E-state index contributed by atoms with van der Waals surface area (Å²) < 4.78 is 5.25. The van der Waals surface area contributed by atoms with Gasteiger partial charge in [0.15, 0.2) is 0 Å². The van der Waals surface area contributed by atoms with Crippen molar-refractivity contribution in [2.45, 2.75) is 19.9 Å². The van der Waals surface area contributed by atoms with E-state index in [0.717, 1.165) is 5.56 Å². The number of aliphatic carboxylic acids is 1. The van der Waals surface area contributed by atoms with Gasteiger partial charge in [-0.3, -0.25) is 9.59 Å². The first kappa shape index (κ1) is 15.8. The zero-order chi connectivity index (χ0) is 15.6. The maximum Gasteiger partial charge on any atom is 0.311 e. The minimum Gasteiger partial charge on any atom is -0.481 e. The molecule has 1 aliphatic rings. The molecule has 0 aliphatic carbocycles. The second-order valence-corrected chi connectivity index (χ2v) is 5.54. The predicted octanol–water partition coefficient (Wildman–Crippen LogP) is 2.21. The van der Waals surface area contributed by atoms with Crippen molar-refractivity contribution < 1.29 is 19.4 Å². The minimum absolute atomic E-state index is 0.137. The number of ether oxygens (including phenoxy) is 1. The van der Waals surface area contributed by atoms with Gasteiger partial charge in [0.25, 0.3) is 5.91 Å². The molecule has 21 heavy (non-hydrogen) atoms. The summed E-state index contributed by atoms with van der Waals surface area (Å²) in [6, 6.07) is 4.68. The Bertz CT molecular complexity index is 561. The zero-order valence-electron chi connectivity index (χ0n) is 12.0. The van der Waals surface area contributed by atoms with Crippen LogP contribution in [0.25, 0.3) is 0 Å². The molecular formula is C15H18ClNO4. The summed E-state index contributed by atoms with van der Waals surface area (Å²) in [6.07, 6.45) is 0. The first-order chi connectivity index (χ1) is 9.95. The maximum atomic E-state index is 12.7. The van der Waals surface area contributed by atoms with Crippen molar-refractivity contribution in [3.05, 3.63) is 34.3 Å². The Morgan fingerprint density at radius 1 is 1.43 bits per heavy atom. The number of benzene rings is 1. The number of carbonyl (C=O) groups excluding carboxylic acids is 1. The highest BCUT2D eigenvalue weighted by atomic mass is 35.5. The fraction of sp³-hybridized carbons (Fsp3) is 0.467. The summed E-state index contributed by atoms with van der Waals surface area (Å²) in [5.41, 5.74) is 1.31. The van der Waals surface area contributed by atoms with Crippen molar-refractivity contribution in [3.8, 4) is 0 Å². The molecule has 5 nitrogen and oxygen atoms in total. The van der Waals surface area contributed by atoms with Crippen LogP contribution in [-0.4, -0.2) is 47.7 Å². The molecular weight excluding hydrogens is 294 g/mol. The van der Waals surface area contributed by atoms with E-state index in [2.05, 4.69) is 0 Å². The third-order valence-corrected chi connectivity index (χ3v) is 4.03. The van der Waals surface area contributed by atoms with Gasteiger partial charge >= 0.3 is 5.97 Å². The van der Waals surface area contributed by atoms with E-state index < -0.39 is 17.9 Å². The molecule has 0 spiro atoms. The monoisotopic (exact) mass is 311 g/mol. The molecule has 2 atom stereocenters. The van der Waals surface area contributed by atoms with Crippen LogP contribution in [0.5, 0.6) is 0 Å². The fourth-order valence-corrected chi connectivity index (χ4v) is 2.77. The zero-order valence-corrected chi connectivity index (χ0v) is 12.8. The standard InChI is InChI=1S/C15H18ClNO4/c1-3-17(13-8-21-7-12(13)15(19)20)14(18)11-6-10(16)5-4-9(11)2/h4-6,12-13H,3,7-8H2,1-2H3,(H,19,20). The van der Waals surface area contributed by atoms with Crippen LogP contribution in [-0.2, 0) is 9.53 Å². The highest BCUT2D eigenvalue weighted by molar-refractivity contribution is 6.31. The lowest BCUT2D eigenvalue weighted by molar-refractivity contribution is -0.142. The van der Waals surface area contributed by atoms with Gasteiger partial charge in [0.1, 0.15) is 5.92 Å². The van der Waals surface area contributed by atoms with E-state index in [1.165, 1.54) is 0 Å². The highest BCUT2D eigenvalue weighted by Gasteiger charge is 2.39. The van der Waals surface area contributed by atoms with Crippen LogP contribution in [0.3, 0.4) is 0 Å². The van der Waals surface area contributed by atoms with Gasteiger partial charge in [0.05, 0.1) is 19.3 Å². The fourth-order valence-electron chi connectivity index (χ4n) is 2.59. The van der Waals surface area contributed by atoms with E-state index >= 15 is 0 Å². The van der Waals surface area contributed by atoms with E-state index in [1.807, 2.05) is 13.8 Å². The number of carboxylic acids is 1. The van der Waals surface area contributed by atoms with E-state index in [0.29, 0.717) is 17.1 Å². The van der Waals surface area contributed by atoms with Gasteiger partial charge in [-0.1, -0.05) is 17.7 Å². The van der Waals surface area contributed by atoms with Gasteiger partial charge < -0.3 is 14.7 Å². The second kappa shape index (κ2) is 6.45. The van der Waals surface area contributed by atoms with E-state index in [-0.39, 0.29) is 19.1 Å². The largest absolute Gasteiger partial charge is 0.481 e. The van der Waals surface area contributed by atoms with Crippen LogP contribution in [0.1, 0.15) is 22.8 Å². The number of carbonyl (C=O) groups is 2. The van der Waals surface area contributed by atoms with Crippen LogP contribution in [0.4, 0.5) is 0 Å². The SMILES string of the molecule is CCN(C(=O)c1cc(Cl)ccc1C)C1COCC1C(=O)O. The number of amides is 1. The average molecular weight is 312 g/mol. The van der Waals surface area contributed by atoms with Crippen molar-refractivity contribution in [3.63, 3.8) is 0 Å². The molecule has 1 amide bonds. The van der Waals surface area contributed by atoms with Crippen molar-refractivity contribution in [2.75, 3.05) is 19.8 Å². The number of likely N-dealkylation sites (N-methyl/N-ethyl adjacent to an activating group) is 1. The average Bonchev–Trinajstić information content (AvgIpc) is 2.91. The third-order valence-electron chi connectivity index (χ3n) is 3.80. The van der Waals surface area contributed by atoms with Crippen LogP contribution in [0, 0.1) is 12.8 Å². The van der Waals surface area contributed by atoms with Crippen molar-refractivity contribution in [1.29, 1.82) is 0 Å². The molecule has 2 unspecified atom stereocenters. The van der Waals surface area contributed by atoms with Crippen LogP contribution >= 0.6 is 11.6 Å². The molecule has 114 valence electrons. The summed E-state index contributed by atoms with van der Waals surface area (Å²) in [4.78, 5) is 25.6. The van der Waals surface area contributed by atoms with Crippen molar-refractivity contribution in [2.24, 2.45) is 5.92 Å². The number of rotatable bonds is 4. The molecule has 1 N–H and O–H groups in total. The van der Waals surface area contributed by atoms with Gasteiger partial charge in [-0.25, -0.2) is 0 Å². The molecule has 0 aromatic heterocycles. The highest BCUT2D eigenvalue weighted by Crippen LogP contribution is 2.24. The molecule has 6 heteroatoms. The quantitative estimate of drug-likeness (QED) is 0.926. The van der Waals surface area contributed by atoms with E-state index in [4.69, 9.17) is 16.3 Å². The Morgan fingerprint density at radius 3 is 2.76 bits per heavy atom. The number of aryl methyl sites for hydroxylation is 1. The van der Waals surface area contributed by atoms with E-state index in [9.17, 15) is 14.7 Å². The van der Waals surface area contributed by atoms with Crippen LogP contribution in [0.15, 0.2) is 18.2 Å². The Labute approximate surface area is 128 Å².